The van der Waals surface area contributed by atoms with Crippen LogP contribution in [0.15, 0.2) is 48.5 Å². The predicted molar refractivity (Wildman–Crippen MR) is 128 cm³/mol. The topological polar surface area (TPSA) is 86.8 Å². The normalized spacial score (nSPS) is 12.7. The highest BCUT2D eigenvalue weighted by Crippen LogP contribution is 2.20. The summed E-state index contributed by atoms with van der Waals surface area (Å²) in [6.07, 6.45) is 0.950. The van der Waals surface area contributed by atoms with Gasteiger partial charge in [-0.1, -0.05) is 35.9 Å². The van der Waals surface area contributed by atoms with E-state index >= 15 is 0 Å². The van der Waals surface area contributed by atoms with Gasteiger partial charge in [-0.2, -0.15) is 0 Å². The van der Waals surface area contributed by atoms with Crippen LogP contribution in [0.3, 0.4) is 0 Å². The number of sulfonamides is 1. The van der Waals surface area contributed by atoms with E-state index in [0.29, 0.717) is 0 Å². The molecule has 9 heteroatoms. The maximum absolute atomic E-state index is 13.8. The Hall–Kier alpha value is -2.94. The van der Waals surface area contributed by atoms with Crippen molar-refractivity contribution in [1.82, 2.24) is 10.2 Å². The summed E-state index contributed by atoms with van der Waals surface area (Å²) in [4.78, 5) is 27.6. The molecular weight excluding hydrogens is 445 g/mol. The minimum Gasteiger partial charge on any atom is -0.350 e. The minimum atomic E-state index is -3.90. The molecule has 0 bridgehead atoms. The fraction of sp³-hybridized carbons (Fsp3) is 0.417. The number of rotatable bonds is 8. The van der Waals surface area contributed by atoms with Gasteiger partial charge in [0, 0.05) is 12.1 Å². The number of hydrogen-bond donors (Lipinski definition) is 1. The molecule has 0 aliphatic rings. The standard InChI is InChI=1S/C24H32FN3O4S/c1-17-9-7-10-19(13-17)15-27(18(2)23(30)26-24(3,4)5)22(29)16-28(33(6,31)32)21-12-8-11-20(25)14-21/h7-14,18H,15-16H2,1-6H3,(H,26,30)/t18-/m0/s1. The minimum absolute atomic E-state index is 0.0353. The van der Waals surface area contributed by atoms with Gasteiger partial charge in [-0.3, -0.25) is 13.9 Å². The van der Waals surface area contributed by atoms with Crippen LogP contribution in [-0.2, 0) is 26.2 Å². The van der Waals surface area contributed by atoms with Crippen molar-refractivity contribution in [3.63, 3.8) is 0 Å². The summed E-state index contributed by atoms with van der Waals surface area (Å²) in [6.45, 7) is 8.56. The Morgan fingerprint density at radius 1 is 1.09 bits per heavy atom. The third-order valence-corrected chi connectivity index (χ3v) is 6.02. The first-order chi connectivity index (χ1) is 15.2. The summed E-state index contributed by atoms with van der Waals surface area (Å²) in [6, 6.07) is 11.7. The summed E-state index contributed by atoms with van der Waals surface area (Å²) in [7, 11) is -3.90. The van der Waals surface area contributed by atoms with E-state index < -0.39 is 39.9 Å². The maximum Gasteiger partial charge on any atom is 0.244 e. The molecule has 7 nitrogen and oxygen atoms in total. The van der Waals surface area contributed by atoms with Crippen LogP contribution in [-0.4, -0.2) is 49.5 Å². The summed E-state index contributed by atoms with van der Waals surface area (Å²) in [5.41, 5.74) is 1.32. The van der Waals surface area contributed by atoms with Gasteiger partial charge >= 0.3 is 0 Å². The lowest BCUT2D eigenvalue weighted by molar-refractivity contribution is -0.140. The lowest BCUT2D eigenvalue weighted by Gasteiger charge is -2.33. The fourth-order valence-electron chi connectivity index (χ4n) is 3.31. The maximum atomic E-state index is 13.8. The van der Waals surface area contributed by atoms with Crippen molar-refractivity contribution in [2.75, 3.05) is 17.1 Å². The number of nitrogens with zero attached hydrogens (tertiary/aromatic N) is 2. The fourth-order valence-corrected chi connectivity index (χ4v) is 4.15. The van der Waals surface area contributed by atoms with E-state index in [2.05, 4.69) is 5.32 Å². The van der Waals surface area contributed by atoms with E-state index in [9.17, 15) is 22.4 Å². The van der Waals surface area contributed by atoms with E-state index in [1.165, 1.54) is 23.1 Å². The Morgan fingerprint density at radius 3 is 2.27 bits per heavy atom. The first-order valence-corrected chi connectivity index (χ1v) is 12.4. The van der Waals surface area contributed by atoms with Crippen LogP contribution >= 0.6 is 0 Å². The lowest BCUT2D eigenvalue weighted by Crippen LogP contribution is -2.54. The second-order valence-electron chi connectivity index (χ2n) is 9.18. The van der Waals surface area contributed by atoms with Gasteiger partial charge in [0.1, 0.15) is 18.4 Å². The molecule has 0 fully saturated rings. The number of amides is 2. The zero-order chi connectivity index (χ0) is 25.0. The number of anilines is 1. The second kappa shape index (κ2) is 10.3. The number of halogens is 1. The largest absolute Gasteiger partial charge is 0.350 e. The van der Waals surface area contributed by atoms with E-state index in [1.54, 1.807) is 6.92 Å². The number of benzene rings is 2. The molecule has 180 valence electrons. The average molecular weight is 478 g/mol. The lowest BCUT2D eigenvalue weighted by atomic mass is 10.1. The van der Waals surface area contributed by atoms with E-state index in [1.807, 2.05) is 52.0 Å². The van der Waals surface area contributed by atoms with Crippen molar-refractivity contribution in [1.29, 1.82) is 0 Å². The molecule has 0 heterocycles. The van der Waals surface area contributed by atoms with Gasteiger partial charge in [-0.25, -0.2) is 12.8 Å². The zero-order valence-corrected chi connectivity index (χ0v) is 20.7. The van der Waals surface area contributed by atoms with Crippen molar-refractivity contribution >= 4 is 27.5 Å². The van der Waals surface area contributed by atoms with Crippen molar-refractivity contribution in [2.24, 2.45) is 0 Å². The molecule has 0 radical (unpaired) electrons. The number of nitrogens with one attached hydrogen (secondary N) is 1. The molecule has 0 spiro atoms. The molecule has 2 aromatic rings. The first kappa shape index (κ1) is 26.3. The summed E-state index contributed by atoms with van der Waals surface area (Å²) >= 11 is 0. The van der Waals surface area contributed by atoms with Gasteiger partial charge in [0.15, 0.2) is 0 Å². The van der Waals surface area contributed by atoms with Crippen LogP contribution in [0.25, 0.3) is 0 Å². The van der Waals surface area contributed by atoms with Gasteiger partial charge in [0.25, 0.3) is 0 Å². The molecule has 0 saturated heterocycles. The highest BCUT2D eigenvalue weighted by atomic mass is 32.2. The van der Waals surface area contributed by atoms with E-state index in [-0.39, 0.29) is 18.1 Å². The molecule has 2 aromatic carbocycles. The number of carbonyl (C=O) groups excluding carboxylic acids is 2. The highest BCUT2D eigenvalue weighted by Gasteiger charge is 2.31. The van der Waals surface area contributed by atoms with Crippen molar-refractivity contribution in [3.05, 3.63) is 65.5 Å². The Labute approximate surface area is 195 Å². The van der Waals surface area contributed by atoms with Crippen LogP contribution in [0, 0.1) is 12.7 Å². The molecule has 2 amide bonds. The van der Waals surface area contributed by atoms with Crippen molar-refractivity contribution in [2.45, 2.75) is 52.7 Å². The van der Waals surface area contributed by atoms with Gasteiger partial charge in [-0.05, 0) is 58.4 Å². The molecule has 0 unspecified atom stereocenters. The number of aryl methyl sites for hydroxylation is 1. The van der Waals surface area contributed by atoms with Gasteiger partial charge < -0.3 is 10.2 Å². The smallest absolute Gasteiger partial charge is 0.244 e. The van der Waals surface area contributed by atoms with E-state index in [4.69, 9.17) is 0 Å². The number of carbonyl (C=O) groups is 2. The quantitative estimate of drug-likeness (QED) is 0.633. The van der Waals surface area contributed by atoms with Crippen LogP contribution < -0.4 is 9.62 Å². The van der Waals surface area contributed by atoms with Crippen molar-refractivity contribution in [3.8, 4) is 0 Å². The highest BCUT2D eigenvalue weighted by molar-refractivity contribution is 7.92. The van der Waals surface area contributed by atoms with Crippen LogP contribution in [0.4, 0.5) is 10.1 Å². The molecule has 0 aliphatic carbocycles. The predicted octanol–water partition coefficient (Wildman–Crippen LogP) is 3.23. The molecule has 0 saturated carbocycles. The molecule has 2 rings (SSSR count). The summed E-state index contributed by atoms with van der Waals surface area (Å²) in [5.74, 6) is -1.56. The molecule has 1 N–H and O–H groups in total. The molecule has 0 aliphatic heterocycles. The molecule has 33 heavy (non-hydrogen) atoms. The monoisotopic (exact) mass is 477 g/mol. The average Bonchev–Trinajstić information content (AvgIpc) is 2.67. The Balaban J connectivity index is 2.41. The second-order valence-corrected chi connectivity index (χ2v) is 11.1. The van der Waals surface area contributed by atoms with Crippen LogP contribution in [0.1, 0.15) is 38.8 Å². The molecular formula is C24H32FN3O4S. The Morgan fingerprint density at radius 2 is 1.73 bits per heavy atom. The number of hydrogen-bond acceptors (Lipinski definition) is 4. The Bertz CT molecular complexity index is 1110. The summed E-state index contributed by atoms with van der Waals surface area (Å²) in [5, 5.41) is 2.86. The van der Waals surface area contributed by atoms with Crippen molar-refractivity contribution < 1.29 is 22.4 Å². The summed E-state index contributed by atoms with van der Waals surface area (Å²) < 4.78 is 39.5. The van der Waals surface area contributed by atoms with Gasteiger partial charge in [0.2, 0.25) is 21.8 Å². The van der Waals surface area contributed by atoms with Gasteiger partial charge in [-0.15, -0.1) is 0 Å². The van der Waals surface area contributed by atoms with Crippen LogP contribution in [0.5, 0.6) is 0 Å². The Kier molecular flexibility index (Phi) is 8.24. The van der Waals surface area contributed by atoms with E-state index in [0.717, 1.165) is 27.8 Å². The van der Waals surface area contributed by atoms with Gasteiger partial charge in [0.05, 0.1) is 11.9 Å². The molecule has 0 aromatic heterocycles. The molecule has 1 atom stereocenters. The first-order valence-electron chi connectivity index (χ1n) is 10.6. The SMILES string of the molecule is Cc1cccc(CN(C(=O)CN(c2cccc(F)c2)S(C)(=O)=O)[C@@H](C)C(=O)NC(C)(C)C)c1. The third-order valence-electron chi connectivity index (χ3n) is 4.88. The zero-order valence-electron chi connectivity index (χ0n) is 19.9. The third kappa shape index (κ3) is 7.85. The van der Waals surface area contributed by atoms with Crippen LogP contribution in [0.2, 0.25) is 0 Å².